The first-order valence-corrected chi connectivity index (χ1v) is 3.98. The Kier molecular flexibility index (Phi) is 1.15. The lowest BCUT2D eigenvalue weighted by Crippen LogP contribution is -2.61. The first-order chi connectivity index (χ1) is 5.06. The number of rotatable bonds is 0. The van der Waals surface area contributed by atoms with E-state index >= 15 is 0 Å². The van der Waals surface area contributed by atoms with Gasteiger partial charge in [0, 0.05) is 18.5 Å². The summed E-state index contributed by atoms with van der Waals surface area (Å²) in [5.41, 5.74) is -0.153. The van der Waals surface area contributed by atoms with Gasteiger partial charge >= 0.3 is 5.97 Å². The van der Waals surface area contributed by atoms with Crippen LogP contribution in [0.15, 0.2) is 0 Å². The highest BCUT2D eigenvalue weighted by Crippen LogP contribution is 2.46. The molecule has 0 radical (unpaired) electrons. The molecular weight excluding hydrogens is 142 g/mol. The van der Waals surface area contributed by atoms with Gasteiger partial charge in [0.2, 0.25) is 0 Å². The molecule has 11 heavy (non-hydrogen) atoms. The Morgan fingerprint density at radius 3 is 2.27 bits per heavy atom. The van der Waals surface area contributed by atoms with Gasteiger partial charge in [0.05, 0.1) is 6.42 Å². The number of ether oxygens (including phenoxy) is 1. The number of esters is 1. The van der Waals surface area contributed by atoms with Gasteiger partial charge in [-0.2, -0.15) is 0 Å². The molecule has 0 aromatic heterocycles. The van der Waals surface area contributed by atoms with Crippen molar-refractivity contribution in [2.45, 2.75) is 25.9 Å². The van der Waals surface area contributed by atoms with Crippen LogP contribution in [0.5, 0.6) is 0 Å². The molecule has 1 spiro atoms. The van der Waals surface area contributed by atoms with Crippen molar-refractivity contribution < 1.29 is 9.53 Å². The van der Waals surface area contributed by atoms with E-state index in [0.717, 1.165) is 13.1 Å². The van der Waals surface area contributed by atoms with Crippen LogP contribution in [0.3, 0.4) is 0 Å². The van der Waals surface area contributed by atoms with Crippen LogP contribution in [-0.4, -0.2) is 24.7 Å². The van der Waals surface area contributed by atoms with Crippen LogP contribution in [-0.2, 0) is 9.53 Å². The van der Waals surface area contributed by atoms with Gasteiger partial charge in [-0.15, -0.1) is 0 Å². The second-order valence-electron chi connectivity index (χ2n) is 4.05. The Morgan fingerprint density at radius 2 is 2.09 bits per heavy atom. The van der Waals surface area contributed by atoms with E-state index in [0.29, 0.717) is 6.42 Å². The summed E-state index contributed by atoms with van der Waals surface area (Å²) >= 11 is 0. The molecule has 0 aromatic carbocycles. The van der Waals surface area contributed by atoms with Crippen molar-refractivity contribution in [1.82, 2.24) is 5.32 Å². The first kappa shape index (κ1) is 7.10. The molecule has 2 rings (SSSR count). The Morgan fingerprint density at radius 1 is 1.45 bits per heavy atom. The number of carbonyl (C=O) groups is 1. The predicted octanol–water partition coefficient (Wildman–Crippen LogP) is 0.301. The Bertz CT molecular complexity index is 206. The number of cyclic esters (lactones) is 1. The molecule has 0 atom stereocenters. The molecule has 0 aliphatic carbocycles. The lowest BCUT2D eigenvalue weighted by Gasteiger charge is -2.46. The molecule has 0 bridgehead atoms. The van der Waals surface area contributed by atoms with Crippen molar-refractivity contribution in [2.75, 3.05) is 13.1 Å². The van der Waals surface area contributed by atoms with Crippen LogP contribution < -0.4 is 5.32 Å². The number of hydrogen-bond acceptors (Lipinski definition) is 3. The van der Waals surface area contributed by atoms with Gasteiger partial charge in [-0.3, -0.25) is 4.79 Å². The Labute approximate surface area is 66.1 Å². The van der Waals surface area contributed by atoms with E-state index in [1.54, 1.807) is 0 Å². The summed E-state index contributed by atoms with van der Waals surface area (Å²) < 4.78 is 5.23. The van der Waals surface area contributed by atoms with Crippen molar-refractivity contribution in [1.29, 1.82) is 0 Å². The highest BCUT2D eigenvalue weighted by Gasteiger charge is 2.58. The second kappa shape index (κ2) is 1.78. The van der Waals surface area contributed by atoms with E-state index in [1.807, 2.05) is 13.8 Å². The predicted molar refractivity (Wildman–Crippen MR) is 40.1 cm³/mol. The minimum absolute atomic E-state index is 0.0449. The van der Waals surface area contributed by atoms with Gasteiger partial charge in [-0.25, -0.2) is 0 Å². The average Bonchev–Trinajstić information content (AvgIpc) is 1.98. The molecule has 3 heteroatoms. The Balaban J connectivity index is 2.27. The molecule has 2 aliphatic rings. The minimum Gasteiger partial charge on any atom is -0.459 e. The van der Waals surface area contributed by atoms with Gasteiger partial charge in [0.25, 0.3) is 0 Å². The van der Waals surface area contributed by atoms with E-state index in [4.69, 9.17) is 4.74 Å². The van der Waals surface area contributed by atoms with Crippen molar-refractivity contribution in [3.8, 4) is 0 Å². The third-order valence-corrected chi connectivity index (χ3v) is 3.06. The molecule has 3 nitrogen and oxygen atoms in total. The molecule has 0 saturated carbocycles. The van der Waals surface area contributed by atoms with Gasteiger partial charge in [-0.05, 0) is 13.8 Å². The monoisotopic (exact) mass is 155 g/mol. The summed E-state index contributed by atoms with van der Waals surface area (Å²) in [5.74, 6) is -0.0449. The fourth-order valence-corrected chi connectivity index (χ4v) is 1.90. The molecule has 2 aliphatic heterocycles. The van der Waals surface area contributed by atoms with E-state index in [2.05, 4.69) is 5.32 Å². The summed E-state index contributed by atoms with van der Waals surface area (Å²) in [7, 11) is 0. The Hall–Kier alpha value is -0.570. The van der Waals surface area contributed by atoms with Crippen LogP contribution in [0.4, 0.5) is 0 Å². The smallest absolute Gasteiger partial charge is 0.307 e. The maximum Gasteiger partial charge on any atom is 0.307 e. The molecule has 62 valence electrons. The van der Waals surface area contributed by atoms with Crippen LogP contribution >= 0.6 is 0 Å². The minimum atomic E-state index is -0.255. The largest absolute Gasteiger partial charge is 0.459 e. The third kappa shape index (κ3) is 0.745. The fraction of sp³-hybridized carbons (Fsp3) is 0.875. The highest BCUT2D eigenvalue weighted by atomic mass is 16.6. The topological polar surface area (TPSA) is 38.3 Å². The van der Waals surface area contributed by atoms with Gasteiger partial charge in [0.15, 0.2) is 0 Å². The first-order valence-electron chi connectivity index (χ1n) is 3.98. The van der Waals surface area contributed by atoms with E-state index in [9.17, 15) is 4.79 Å². The number of nitrogens with one attached hydrogen (secondary N) is 1. The van der Waals surface area contributed by atoms with E-state index < -0.39 is 0 Å². The molecule has 0 amide bonds. The summed E-state index contributed by atoms with van der Waals surface area (Å²) in [6.45, 7) is 5.84. The zero-order valence-electron chi connectivity index (χ0n) is 6.94. The van der Waals surface area contributed by atoms with Crippen LogP contribution in [0, 0.1) is 5.41 Å². The molecule has 2 heterocycles. The van der Waals surface area contributed by atoms with E-state index in [1.165, 1.54) is 0 Å². The molecule has 2 saturated heterocycles. The van der Waals surface area contributed by atoms with Crippen molar-refractivity contribution >= 4 is 5.97 Å². The zero-order valence-corrected chi connectivity index (χ0v) is 6.94. The molecule has 0 unspecified atom stereocenters. The maximum atomic E-state index is 11.0. The van der Waals surface area contributed by atoms with Gasteiger partial charge < -0.3 is 10.1 Å². The quantitative estimate of drug-likeness (QED) is 0.511. The second-order valence-corrected chi connectivity index (χ2v) is 4.05. The molecule has 1 N–H and O–H groups in total. The summed E-state index contributed by atoms with van der Waals surface area (Å²) in [5, 5.41) is 3.19. The number of hydrogen-bond donors (Lipinski definition) is 1. The maximum absolute atomic E-state index is 11.0. The highest BCUT2D eigenvalue weighted by molar-refractivity contribution is 5.74. The van der Waals surface area contributed by atoms with Crippen LogP contribution in [0.25, 0.3) is 0 Å². The van der Waals surface area contributed by atoms with Crippen molar-refractivity contribution in [3.05, 3.63) is 0 Å². The lowest BCUT2D eigenvalue weighted by molar-refractivity contribution is -0.149. The molecular formula is C8H13NO2. The zero-order chi connectivity index (χ0) is 8.11. The van der Waals surface area contributed by atoms with Crippen molar-refractivity contribution in [2.24, 2.45) is 5.41 Å². The SMILES string of the molecule is CC1(C)OC(=O)CC12CNC2. The van der Waals surface area contributed by atoms with Gasteiger partial charge in [0.1, 0.15) is 5.60 Å². The van der Waals surface area contributed by atoms with Crippen molar-refractivity contribution in [3.63, 3.8) is 0 Å². The fourth-order valence-electron chi connectivity index (χ4n) is 1.90. The molecule has 2 fully saturated rings. The average molecular weight is 155 g/mol. The van der Waals surface area contributed by atoms with Crippen LogP contribution in [0.1, 0.15) is 20.3 Å². The standard InChI is InChI=1S/C8H13NO2/c1-7(2)8(4-9-5-8)3-6(10)11-7/h9H,3-5H2,1-2H3. The summed E-state index contributed by atoms with van der Waals surface area (Å²) in [4.78, 5) is 11.0. The van der Waals surface area contributed by atoms with E-state index in [-0.39, 0.29) is 17.0 Å². The third-order valence-electron chi connectivity index (χ3n) is 3.06. The van der Waals surface area contributed by atoms with Gasteiger partial charge in [-0.1, -0.05) is 0 Å². The summed E-state index contributed by atoms with van der Waals surface area (Å²) in [6.07, 6.45) is 0.590. The van der Waals surface area contributed by atoms with Crippen LogP contribution in [0.2, 0.25) is 0 Å². The molecule has 0 aromatic rings. The summed E-state index contributed by atoms with van der Waals surface area (Å²) in [6, 6.07) is 0. The normalized spacial score (nSPS) is 31.6. The lowest BCUT2D eigenvalue weighted by atomic mass is 9.69. The number of carbonyl (C=O) groups excluding carboxylic acids is 1.